The second kappa shape index (κ2) is 7.71. The number of ether oxygens (including phenoxy) is 1. The number of halogens is 2. The average Bonchev–Trinajstić information content (AvgIpc) is 2.67. The maximum atomic E-state index is 14.2. The molecule has 1 unspecified atom stereocenters. The molecule has 1 aliphatic heterocycles. The summed E-state index contributed by atoms with van der Waals surface area (Å²) in [5.41, 5.74) is 0.149. The van der Waals surface area contributed by atoms with E-state index >= 15 is 0 Å². The van der Waals surface area contributed by atoms with Crippen LogP contribution in [0.25, 0.3) is 0 Å². The molecule has 2 aromatic rings. The third-order valence-electron chi connectivity index (χ3n) is 4.38. The molecule has 6 nitrogen and oxygen atoms in total. The predicted octanol–water partition coefficient (Wildman–Crippen LogP) is 2.09. The highest BCUT2D eigenvalue weighted by Crippen LogP contribution is 2.30. The minimum atomic E-state index is -4.07. The van der Waals surface area contributed by atoms with Gasteiger partial charge in [-0.05, 0) is 35.9 Å². The molecule has 9 heteroatoms. The normalized spacial score (nSPS) is 18.3. The molecule has 1 heterocycles. The van der Waals surface area contributed by atoms with E-state index in [0.717, 1.165) is 25.3 Å². The van der Waals surface area contributed by atoms with E-state index in [1.807, 2.05) is 0 Å². The lowest BCUT2D eigenvalue weighted by molar-refractivity contribution is 0.0595. The van der Waals surface area contributed by atoms with Crippen molar-refractivity contribution in [3.05, 3.63) is 65.2 Å². The highest BCUT2D eigenvalue weighted by molar-refractivity contribution is 7.89. The first kappa shape index (κ1) is 19.4. The first-order valence-corrected chi connectivity index (χ1v) is 9.64. The van der Waals surface area contributed by atoms with E-state index in [0.29, 0.717) is 18.7 Å². The SMILES string of the molecule is COC(=O)c1ccc(S(=O)(=O)N2CCNCC2c2cccc(F)c2)cc1F. The van der Waals surface area contributed by atoms with E-state index in [-0.39, 0.29) is 17.0 Å². The van der Waals surface area contributed by atoms with Gasteiger partial charge in [0.15, 0.2) is 0 Å². The van der Waals surface area contributed by atoms with Gasteiger partial charge in [0.05, 0.1) is 23.6 Å². The summed E-state index contributed by atoms with van der Waals surface area (Å²) in [5, 5.41) is 3.09. The van der Waals surface area contributed by atoms with Crippen LogP contribution >= 0.6 is 0 Å². The Morgan fingerprint density at radius 2 is 2.00 bits per heavy atom. The number of methoxy groups -OCH3 is 1. The summed E-state index contributed by atoms with van der Waals surface area (Å²) in [6.07, 6.45) is 0. The molecule has 0 radical (unpaired) electrons. The maximum Gasteiger partial charge on any atom is 0.340 e. The fraction of sp³-hybridized carbons (Fsp3) is 0.278. The van der Waals surface area contributed by atoms with E-state index in [1.165, 1.54) is 22.5 Å². The van der Waals surface area contributed by atoms with Crippen LogP contribution in [0.15, 0.2) is 47.4 Å². The predicted molar refractivity (Wildman–Crippen MR) is 93.6 cm³/mol. The van der Waals surface area contributed by atoms with Crippen LogP contribution in [-0.4, -0.2) is 45.4 Å². The molecule has 1 aliphatic rings. The Kier molecular flexibility index (Phi) is 5.54. The zero-order valence-electron chi connectivity index (χ0n) is 14.5. The average molecular weight is 396 g/mol. The standard InChI is InChI=1S/C18H18F2N2O4S/c1-26-18(23)15-6-5-14(10-16(15)20)27(24,25)22-8-7-21-11-17(22)12-3-2-4-13(19)9-12/h2-6,9-10,17,21H,7-8,11H2,1H3. The van der Waals surface area contributed by atoms with Crippen molar-refractivity contribution >= 4 is 16.0 Å². The molecule has 2 aromatic carbocycles. The summed E-state index contributed by atoms with van der Waals surface area (Å²) in [4.78, 5) is 11.2. The summed E-state index contributed by atoms with van der Waals surface area (Å²) >= 11 is 0. The molecular formula is C18H18F2N2O4S. The van der Waals surface area contributed by atoms with E-state index in [2.05, 4.69) is 10.1 Å². The number of esters is 1. The monoisotopic (exact) mass is 396 g/mol. The molecule has 0 aliphatic carbocycles. The van der Waals surface area contributed by atoms with Gasteiger partial charge in [0.2, 0.25) is 10.0 Å². The highest BCUT2D eigenvalue weighted by atomic mass is 32.2. The van der Waals surface area contributed by atoms with E-state index in [4.69, 9.17) is 0 Å². The molecule has 1 saturated heterocycles. The third-order valence-corrected chi connectivity index (χ3v) is 6.28. The number of nitrogens with zero attached hydrogens (tertiary/aromatic N) is 1. The minimum absolute atomic E-state index is 0.143. The summed E-state index contributed by atoms with van der Waals surface area (Å²) in [7, 11) is -2.96. The van der Waals surface area contributed by atoms with Gasteiger partial charge in [-0.2, -0.15) is 4.31 Å². The van der Waals surface area contributed by atoms with Crippen LogP contribution < -0.4 is 5.32 Å². The molecule has 3 rings (SSSR count). The molecule has 27 heavy (non-hydrogen) atoms. The van der Waals surface area contributed by atoms with Gasteiger partial charge in [0.25, 0.3) is 0 Å². The molecule has 0 bridgehead atoms. The number of carbonyl (C=O) groups excluding carboxylic acids is 1. The van der Waals surface area contributed by atoms with Crippen LogP contribution in [0.4, 0.5) is 8.78 Å². The van der Waals surface area contributed by atoms with Gasteiger partial charge in [0.1, 0.15) is 11.6 Å². The molecule has 0 amide bonds. The van der Waals surface area contributed by atoms with Gasteiger partial charge in [-0.1, -0.05) is 12.1 Å². The number of hydrogen-bond donors (Lipinski definition) is 1. The van der Waals surface area contributed by atoms with E-state index in [9.17, 15) is 22.0 Å². The van der Waals surface area contributed by atoms with E-state index in [1.54, 1.807) is 6.07 Å². The number of benzene rings is 2. The number of rotatable bonds is 4. The Hall–Kier alpha value is -2.36. The second-order valence-electron chi connectivity index (χ2n) is 6.02. The van der Waals surface area contributed by atoms with Crippen molar-refractivity contribution in [3.63, 3.8) is 0 Å². The van der Waals surface area contributed by atoms with Gasteiger partial charge in [0, 0.05) is 19.6 Å². The summed E-state index contributed by atoms with van der Waals surface area (Å²) in [6.45, 7) is 0.850. The quantitative estimate of drug-likeness (QED) is 0.801. The molecule has 0 saturated carbocycles. The largest absolute Gasteiger partial charge is 0.465 e. The number of hydrogen-bond acceptors (Lipinski definition) is 5. The first-order chi connectivity index (χ1) is 12.8. The van der Waals surface area contributed by atoms with Crippen molar-refractivity contribution < 1.29 is 26.7 Å². The Morgan fingerprint density at radius 3 is 2.67 bits per heavy atom. The van der Waals surface area contributed by atoms with Crippen LogP contribution in [0.1, 0.15) is 22.0 Å². The van der Waals surface area contributed by atoms with Crippen LogP contribution in [-0.2, 0) is 14.8 Å². The Labute approximate surface area is 155 Å². The molecule has 1 N–H and O–H groups in total. The summed E-state index contributed by atoms with van der Waals surface area (Å²) in [6, 6.07) is 8.11. The number of nitrogens with one attached hydrogen (secondary N) is 1. The number of sulfonamides is 1. The topological polar surface area (TPSA) is 75.7 Å². The number of piperazine rings is 1. The van der Waals surface area contributed by atoms with Crippen molar-refractivity contribution in [1.29, 1.82) is 0 Å². The molecule has 1 fully saturated rings. The van der Waals surface area contributed by atoms with Gasteiger partial charge in [-0.25, -0.2) is 22.0 Å². The zero-order chi connectivity index (χ0) is 19.6. The van der Waals surface area contributed by atoms with Gasteiger partial charge in [-0.3, -0.25) is 0 Å². The Bertz CT molecular complexity index is 966. The van der Waals surface area contributed by atoms with Crippen molar-refractivity contribution in [2.45, 2.75) is 10.9 Å². The third kappa shape index (κ3) is 3.85. The van der Waals surface area contributed by atoms with Crippen molar-refractivity contribution in [2.75, 3.05) is 26.7 Å². The van der Waals surface area contributed by atoms with E-state index < -0.39 is 33.7 Å². The van der Waals surface area contributed by atoms with Crippen LogP contribution in [0, 0.1) is 11.6 Å². The van der Waals surface area contributed by atoms with Crippen LogP contribution in [0.5, 0.6) is 0 Å². The molecular weight excluding hydrogens is 378 g/mol. The molecule has 0 aromatic heterocycles. The fourth-order valence-corrected chi connectivity index (χ4v) is 4.66. The summed E-state index contributed by atoms with van der Waals surface area (Å²) < 4.78 is 59.6. The number of carbonyl (C=O) groups is 1. The van der Waals surface area contributed by atoms with Crippen LogP contribution in [0.3, 0.4) is 0 Å². The van der Waals surface area contributed by atoms with Crippen molar-refractivity contribution in [2.24, 2.45) is 0 Å². The first-order valence-electron chi connectivity index (χ1n) is 8.20. The molecule has 1 atom stereocenters. The maximum absolute atomic E-state index is 14.2. The van der Waals surface area contributed by atoms with Crippen molar-refractivity contribution in [3.8, 4) is 0 Å². The lowest BCUT2D eigenvalue weighted by Crippen LogP contribution is -2.48. The molecule has 144 valence electrons. The van der Waals surface area contributed by atoms with Gasteiger partial charge in [-0.15, -0.1) is 0 Å². The Morgan fingerprint density at radius 1 is 1.22 bits per heavy atom. The van der Waals surface area contributed by atoms with Crippen LogP contribution in [0.2, 0.25) is 0 Å². The summed E-state index contributed by atoms with van der Waals surface area (Å²) in [5.74, 6) is -2.35. The Balaban J connectivity index is 1.99. The second-order valence-corrected chi connectivity index (χ2v) is 7.91. The van der Waals surface area contributed by atoms with Gasteiger partial charge < -0.3 is 10.1 Å². The lowest BCUT2D eigenvalue weighted by Gasteiger charge is -2.35. The zero-order valence-corrected chi connectivity index (χ0v) is 15.3. The van der Waals surface area contributed by atoms with Crippen molar-refractivity contribution in [1.82, 2.24) is 9.62 Å². The highest BCUT2D eigenvalue weighted by Gasteiger charge is 2.35. The lowest BCUT2D eigenvalue weighted by atomic mass is 10.1. The van der Waals surface area contributed by atoms with Gasteiger partial charge >= 0.3 is 5.97 Å². The minimum Gasteiger partial charge on any atom is -0.465 e. The molecule has 0 spiro atoms. The fourth-order valence-electron chi connectivity index (χ4n) is 3.04. The smallest absolute Gasteiger partial charge is 0.340 e.